The predicted molar refractivity (Wildman–Crippen MR) is 102 cm³/mol. The van der Waals surface area contributed by atoms with Crippen LogP contribution in [-0.4, -0.2) is 32.7 Å². The molecule has 0 aliphatic heterocycles. The van der Waals surface area contributed by atoms with Crippen molar-refractivity contribution >= 4 is 33.7 Å². The Morgan fingerprint density at radius 3 is 1.90 bits per heavy atom. The van der Waals surface area contributed by atoms with Crippen LogP contribution < -0.4 is 74.0 Å². The van der Waals surface area contributed by atoms with Crippen LogP contribution in [0.15, 0.2) is 58.3 Å². The Labute approximate surface area is 224 Å². The first-order valence-corrected chi connectivity index (χ1v) is 11.1. The molecule has 2 aromatic carbocycles. The van der Waals surface area contributed by atoms with Crippen LogP contribution in [0.1, 0.15) is 19.3 Å². The minimum absolute atomic E-state index is 0. The number of hydrogen-bond donors (Lipinski definition) is 1. The molecule has 0 fully saturated rings. The molecule has 150 valence electrons. The van der Waals surface area contributed by atoms with Gasteiger partial charge in [0.1, 0.15) is 0 Å². The Morgan fingerprint density at radius 1 is 0.967 bits per heavy atom. The van der Waals surface area contributed by atoms with Crippen LogP contribution in [0.3, 0.4) is 0 Å². The zero-order chi connectivity index (χ0) is 20.7. The number of carboxylic acid groups (broad SMARTS) is 2. The second-order valence-electron chi connectivity index (χ2n) is 6.01. The van der Waals surface area contributed by atoms with Gasteiger partial charge in [-0.05, 0) is 60.9 Å². The average Bonchev–Trinajstić information content (AvgIpc) is 2.67. The van der Waals surface area contributed by atoms with Gasteiger partial charge in [0.15, 0.2) is 0 Å². The molecule has 2 rings (SSSR count). The summed E-state index contributed by atoms with van der Waals surface area (Å²) in [5, 5.41) is 21.6. The van der Waals surface area contributed by atoms with Crippen LogP contribution in [0.5, 0.6) is 0 Å². The van der Waals surface area contributed by atoms with Gasteiger partial charge in [-0.1, -0.05) is 24.3 Å². The molecule has 1 N–H and O–H groups in total. The van der Waals surface area contributed by atoms with Crippen LogP contribution in [0.25, 0.3) is 11.1 Å². The summed E-state index contributed by atoms with van der Waals surface area (Å²) in [6, 6.07) is 12.3. The van der Waals surface area contributed by atoms with Crippen molar-refractivity contribution in [1.82, 2.24) is 4.72 Å². The molecule has 0 saturated carbocycles. The topological polar surface area (TPSA) is 126 Å². The van der Waals surface area contributed by atoms with Crippen LogP contribution in [0.2, 0.25) is 0 Å². The number of rotatable bonds is 10. The van der Waals surface area contributed by atoms with Crippen LogP contribution in [-0.2, 0) is 19.6 Å². The van der Waals surface area contributed by atoms with Crippen molar-refractivity contribution in [2.45, 2.75) is 35.1 Å². The first-order chi connectivity index (χ1) is 13.2. The fourth-order valence-corrected chi connectivity index (χ4v) is 4.17. The summed E-state index contributed by atoms with van der Waals surface area (Å²) in [6.45, 7) is 0. The largest absolute Gasteiger partial charge is 1.00 e. The molecule has 0 aromatic heterocycles. The summed E-state index contributed by atoms with van der Waals surface area (Å²) in [6.07, 6.45) is 1.35. The van der Waals surface area contributed by atoms with Crippen LogP contribution >= 0.6 is 11.8 Å². The van der Waals surface area contributed by atoms with E-state index in [-0.39, 0.29) is 83.3 Å². The van der Waals surface area contributed by atoms with Crippen molar-refractivity contribution in [3.05, 3.63) is 48.5 Å². The minimum Gasteiger partial charge on any atom is -0.550 e. The van der Waals surface area contributed by atoms with Crippen LogP contribution in [0.4, 0.5) is 0 Å². The second kappa shape index (κ2) is 13.9. The summed E-state index contributed by atoms with van der Waals surface area (Å²) in [7, 11) is -4.10. The average molecular weight is 467 g/mol. The van der Waals surface area contributed by atoms with E-state index in [4.69, 9.17) is 0 Å². The summed E-state index contributed by atoms with van der Waals surface area (Å²) in [5.41, 5.74) is 1.74. The molecule has 30 heavy (non-hydrogen) atoms. The van der Waals surface area contributed by atoms with Gasteiger partial charge in [0, 0.05) is 10.9 Å². The molecule has 0 heterocycles. The molecule has 0 aliphatic carbocycles. The van der Waals surface area contributed by atoms with Crippen molar-refractivity contribution in [1.29, 1.82) is 0 Å². The number of carboxylic acids is 2. The molecule has 7 nitrogen and oxygen atoms in total. The fourth-order valence-electron chi connectivity index (χ4n) is 2.54. The number of carbonyl (C=O) groups is 2. The Balaban J connectivity index is 0.00000420. The number of nitrogens with one attached hydrogen (secondary N) is 1. The number of benzene rings is 2. The zero-order valence-electron chi connectivity index (χ0n) is 17.1. The zero-order valence-corrected chi connectivity index (χ0v) is 22.7. The van der Waals surface area contributed by atoms with Gasteiger partial charge >= 0.3 is 59.1 Å². The van der Waals surface area contributed by atoms with Gasteiger partial charge < -0.3 is 19.8 Å². The molecule has 11 heteroatoms. The Morgan fingerprint density at radius 2 is 1.47 bits per heavy atom. The van der Waals surface area contributed by atoms with E-state index in [1.807, 2.05) is 30.5 Å². The Bertz CT molecular complexity index is 935. The quantitative estimate of drug-likeness (QED) is 0.273. The summed E-state index contributed by atoms with van der Waals surface area (Å²) in [4.78, 5) is 22.6. The van der Waals surface area contributed by atoms with Crippen LogP contribution in [0, 0.1) is 0 Å². The first-order valence-electron chi connectivity index (χ1n) is 8.40. The van der Waals surface area contributed by atoms with E-state index in [1.54, 1.807) is 23.9 Å². The van der Waals surface area contributed by atoms with Gasteiger partial charge in [-0.2, -0.15) is 0 Å². The van der Waals surface area contributed by atoms with E-state index in [2.05, 4.69) is 4.72 Å². The van der Waals surface area contributed by atoms with Gasteiger partial charge in [-0.3, -0.25) is 0 Å². The number of thioether (sulfide) groups is 1. The SMILES string of the molecule is CSc1ccc(-c2ccc(S(=O)(=O)N[C@@H](CCCC(=O)[O-])C(=O)[O-])cc2)cc1.[Na+].[Na+]. The number of aliphatic carboxylic acids is 2. The maximum absolute atomic E-state index is 12.4. The number of sulfonamides is 1. The van der Waals surface area contributed by atoms with Gasteiger partial charge in [-0.25, -0.2) is 13.1 Å². The van der Waals surface area contributed by atoms with Crippen molar-refractivity contribution in [2.75, 3.05) is 6.26 Å². The van der Waals surface area contributed by atoms with E-state index in [0.717, 1.165) is 16.0 Å². The molecule has 0 aliphatic rings. The van der Waals surface area contributed by atoms with Gasteiger partial charge in [0.25, 0.3) is 0 Å². The molecule has 2 aromatic rings. The van der Waals surface area contributed by atoms with Gasteiger partial charge in [-0.15, -0.1) is 11.8 Å². The summed E-state index contributed by atoms with van der Waals surface area (Å²) in [5.74, 6) is -2.95. The molecule has 0 bridgehead atoms. The van der Waals surface area contributed by atoms with E-state index < -0.39 is 28.0 Å². The molecular formula is C19H19NNa2O6S2. The maximum Gasteiger partial charge on any atom is 1.00 e. The second-order valence-corrected chi connectivity index (χ2v) is 8.60. The molecule has 0 unspecified atom stereocenters. The maximum atomic E-state index is 12.4. The van der Waals surface area contributed by atoms with Crippen molar-refractivity contribution in [2.24, 2.45) is 0 Å². The molecular weight excluding hydrogens is 448 g/mol. The van der Waals surface area contributed by atoms with Gasteiger partial charge in [0.2, 0.25) is 10.0 Å². The molecule has 0 amide bonds. The first kappa shape index (κ1) is 29.6. The van der Waals surface area contributed by atoms with Gasteiger partial charge in [0.05, 0.1) is 16.9 Å². The van der Waals surface area contributed by atoms with E-state index in [9.17, 15) is 28.2 Å². The monoisotopic (exact) mass is 467 g/mol. The fraction of sp³-hybridized carbons (Fsp3) is 0.263. The Kier molecular flexibility index (Phi) is 13.8. The van der Waals surface area contributed by atoms with E-state index in [1.165, 1.54) is 12.1 Å². The third-order valence-corrected chi connectivity index (χ3v) is 6.27. The Hall–Kier alpha value is -0.360. The third-order valence-electron chi connectivity index (χ3n) is 4.04. The summed E-state index contributed by atoms with van der Waals surface area (Å²) >= 11 is 1.62. The predicted octanol–water partition coefficient (Wildman–Crippen LogP) is -5.60. The van der Waals surface area contributed by atoms with Crippen molar-refractivity contribution in [3.8, 4) is 11.1 Å². The standard InChI is InChI=1S/C19H21NO6S2.2Na/c1-27-15-9-5-13(6-10-15)14-7-11-16(12-8-14)28(25,26)20-17(19(23)24)3-2-4-18(21)22;;/h5-12,17,20H,2-4H2,1H3,(H,21,22)(H,23,24);;/q;2*+1/p-2/t17-;;/m0../s1. The number of hydrogen-bond acceptors (Lipinski definition) is 7. The van der Waals surface area contributed by atoms with Crippen molar-refractivity contribution in [3.63, 3.8) is 0 Å². The van der Waals surface area contributed by atoms with E-state index in [0.29, 0.717) is 0 Å². The molecule has 0 radical (unpaired) electrons. The molecule has 0 spiro atoms. The minimum atomic E-state index is -4.10. The van der Waals surface area contributed by atoms with Crippen molar-refractivity contribution < 1.29 is 87.3 Å². The third kappa shape index (κ3) is 9.02. The van der Waals surface area contributed by atoms with E-state index >= 15 is 0 Å². The smallest absolute Gasteiger partial charge is 0.550 e. The summed E-state index contributed by atoms with van der Waals surface area (Å²) < 4.78 is 26.9. The number of carbonyl (C=O) groups excluding carboxylic acids is 2. The normalized spacial score (nSPS) is 11.6. The molecule has 0 saturated heterocycles. The molecule has 1 atom stereocenters.